The summed E-state index contributed by atoms with van der Waals surface area (Å²) in [4.78, 5) is 11.8. The molecule has 0 radical (unpaired) electrons. The van der Waals surface area contributed by atoms with Gasteiger partial charge in [0, 0.05) is 11.0 Å². The molecule has 0 heterocycles. The summed E-state index contributed by atoms with van der Waals surface area (Å²) < 4.78 is 6.43. The van der Waals surface area contributed by atoms with Crippen molar-refractivity contribution in [1.82, 2.24) is 5.32 Å². The van der Waals surface area contributed by atoms with Gasteiger partial charge in [-0.3, -0.25) is 4.79 Å². The lowest BCUT2D eigenvalue weighted by molar-refractivity contribution is -0.123. The minimum atomic E-state index is -0.0702. The highest BCUT2D eigenvalue weighted by molar-refractivity contribution is 9.10. The van der Waals surface area contributed by atoms with Gasteiger partial charge in [0.1, 0.15) is 5.75 Å². The highest BCUT2D eigenvalue weighted by atomic mass is 79.9. The first-order chi connectivity index (χ1) is 9.40. The van der Waals surface area contributed by atoms with Gasteiger partial charge in [0.2, 0.25) is 0 Å². The van der Waals surface area contributed by atoms with Crippen LogP contribution in [-0.4, -0.2) is 19.1 Å². The van der Waals surface area contributed by atoms with Crippen LogP contribution in [0, 0.1) is 17.8 Å². The maximum absolute atomic E-state index is 11.8. The third-order valence-corrected chi connectivity index (χ3v) is 3.96. The van der Waals surface area contributed by atoms with E-state index in [0.717, 1.165) is 4.47 Å². The molecule has 1 aromatic rings. The molecule has 1 amide bonds. The van der Waals surface area contributed by atoms with Gasteiger partial charge in [-0.1, -0.05) is 43.6 Å². The number of hydrogen-bond acceptors (Lipinski definition) is 2. The van der Waals surface area contributed by atoms with Gasteiger partial charge in [0.15, 0.2) is 6.61 Å². The lowest BCUT2D eigenvalue weighted by Crippen LogP contribution is -2.36. The van der Waals surface area contributed by atoms with Crippen LogP contribution in [0.25, 0.3) is 0 Å². The Kier molecular flexibility index (Phi) is 7.06. The van der Waals surface area contributed by atoms with Crippen LogP contribution < -0.4 is 10.1 Å². The topological polar surface area (TPSA) is 38.3 Å². The number of nitrogens with one attached hydrogen (secondary N) is 1. The molecule has 0 fully saturated rings. The van der Waals surface area contributed by atoms with Crippen LogP contribution in [0.4, 0.5) is 0 Å². The van der Waals surface area contributed by atoms with Crippen molar-refractivity contribution < 1.29 is 9.53 Å². The maximum Gasteiger partial charge on any atom is 0.257 e. The molecule has 0 saturated carbocycles. The van der Waals surface area contributed by atoms with Crippen molar-refractivity contribution >= 4 is 21.8 Å². The van der Waals surface area contributed by atoms with Gasteiger partial charge in [0.05, 0.1) is 0 Å². The number of benzene rings is 1. The zero-order valence-electron chi connectivity index (χ0n) is 12.7. The van der Waals surface area contributed by atoms with Crippen molar-refractivity contribution in [2.75, 3.05) is 13.2 Å². The fourth-order valence-corrected chi connectivity index (χ4v) is 2.47. The number of carbonyl (C=O) groups excluding carboxylic acids is 1. The Bertz CT molecular complexity index is 407. The number of halogens is 1. The third-order valence-electron chi connectivity index (χ3n) is 3.43. The average molecular weight is 342 g/mol. The van der Waals surface area contributed by atoms with Gasteiger partial charge in [0.25, 0.3) is 5.91 Å². The van der Waals surface area contributed by atoms with E-state index in [-0.39, 0.29) is 12.5 Å². The van der Waals surface area contributed by atoms with Gasteiger partial charge in [-0.05, 0) is 42.0 Å². The minimum absolute atomic E-state index is 0.0601. The molecule has 0 unspecified atom stereocenters. The summed E-state index contributed by atoms with van der Waals surface area (Å²) in [5, 5.41) is 2.95. The fourth-order valence-electron chi connectivity index (χ4n) is 2.20. The Hall–Kier alpha value is -1.03. The summed E-state index contributed by atoms with van der Waals surface area (Å²) in [6, 6.07) is 7.45. The molecule has 3 nitrogen and oxygen atoms in total. The maximum atomic E-state index is 11.8. The molecule has 1 N–H and O–H groups in total. The smallest absolute Gasteiger partial charge is 0.257 e. The summed E-state index contributed by atoms with van der Waals surface area (Å²) in [5.41, 5.74) is 0. The summed E-state index contributed by atoms with van der Waals surface area (Å²) in [6.07, 6.45) is 0. The largest absolute Gasteiger partial charge is 0.484 e. The van der Waals surface area contributed by atoms with E-state index in [9.17, 15) is 4.79 Å². The second-order valence-electron chi connectivity index (χ2n) is 5.70. The van der Waals surface area contributed by atoms with E-state index in [1.165, 1.54) is 0 Å². The first-order valence-electron chi connectivity index (χ1n) is 7.05. The van der Waals surface area contributed by atoms with Gasteiger partial charge in [-0.2, -0.15) is 0 Å². The first-order valence-corrected chi connectivity index (χ1v) is 7.84. The van der Waals surface area contributed by atoms with Crippen LogP contribution in [0.15, 0.2) is 28.7 Å². The first kappa shape index (κ1) is 17.0. The van der Waals surface area contributed by atoms with Gasteiger partial charge >= 0.3 is 0 Å². The average Bonchev–Trinajstić information content (AvgIpc) is 2.37. The van der Waals surface area contributed by atoms with Crippen molar-refractivity contribution in [1.29, 1.82) is 0 Å². The van der Waals surface area contributed by atoms with Crippen LogP contribution in [0.2, 0.25) is 0 Å². The minimum Gasteiger partial charge on any atom is -0.484 e. The standard InChI is InChI=1S/C16H24BrNO2/c1-11(2)15(12(3)4)9-18-16(19)10-20-14-7-5-13(17)6-8-14/h5-8,11-12,15H,9-10H2,1-4H3,(H,18,19). The SMILES string of the molecule is CC(C)C(CNC(=O)COc1ccc(Br)cc1)C(C)C. The zero-order valence-corrected chi connectivity index (χ0v) is 14.2. The molecule has 0 atom stereocenters. The summed E-state index contributed by atoms with van der Waals surface area (Å²) >= 11 is 3.36. The number of amides is 1. The molecule has 20 heavy (non-hydrogen) atoms. The highest BCUT2D eigenvalue weighted by Gasteiger charge is 2.18. The molecule has 0 aliphatic heterocycles. The van der Waals surface area contributed by atoms with E-state index >= 15 is 0 Å². The molecule has 0 spiro atoms. The number of hydrogen-bond donors (Lipinski definition) is 1. The molecule has 1 aromatic carbocycles. The number of ether oxygens (including phenoxy) is 1. The normalized spacial score (nSPS) is 11.2. The van der Waals surface area contributed by atoms with E-state index in [1.807, 2.05) is 24.3 Å². The van der Waals surface area contributed by atoms with E-state index in [4.69, 9.17) is 4.74 Å². The molecule has 0 aliphatic rings. The van der Waals surface area contributed by atoms with Crippen LogP contribution in [0.1, 0.15) is 27.7 Å². The van der Waals surface area contributed by atoms with Crippen LogP contribution in [0.3, 0.4) is 0 Å². The number of carbonyl (C=O) groups is 1. The summed E-state index contributed by atoms with van der Waals surface area (Å²) in [5.74, 6) is 2.24. The molecule has 112 valence electrons. The predicted octanol–water partition coefficient (Wildman–Crippen LogP) is 3.87. The highest BCUT2D eigenvalue weighted by Crippen LogP contribution is 2.19. The van der Waals surface area contributed by atoms with E-state index in [0.29, 0.717) is 30.0 Å². The Balaban J connectivity index is 2.35. The summed E-state index contributed by atoms with van der Waals surface area (Å²) in [7, 11) is 0. The van der Waals surface area contributed by atoms with Crippen LogP contribution in [-0.2, 0) is 4.79 Å². The lowest BCUT2D eigenvalue weighted by atomic mass is 9.85. The summed E-state index contributed by atoms with van der Waals surface area (Å²) in [6.45, 7) is 9.52. The zero-order chi connectivity index (χ0) is 15.1. The van der Waals surface area contributed by atoms with Crippen molar-refractivity contribution in [3.05, 3.63) is 28.7 Å². The van der Waals surface area contributed by atoms with E-state index in [2.05, 4.69) is 48.9 Å². The molecule has 0 saturated heterocycles. The van der Waals surface area contributed by atoms with E-state index < -0.39 is 0 Å². The van der Waals surface area contributed by atoms with Gasteiger partial charge < -0.3 is 10.1 Å². The monoisotopic (exact) mass is 341 g/mol. The van der Waals surface area contributed by atoms with Crippen molar-refractivity contribution in [2.24, 2.45) is 17.8 Å². The molecule has 0 aliphatic carbocycles. The second-order valence-corrected chi connectivity index (χ2v) is 6.61. The van der Waals surface area contributed by atoms with Crippen molar-refractivity contribution in [2.45, 2.75) is 27.7 Å². The lowest BCUT2D eigenvalue weighted by Gasteiger charge is -2.25. The van der Waals surface area contributed by atoms with Crippen molar-refractivity contribution in [3.8, 4) is 5.75 Å². The van der Waals surface area contributed by atoms with Gasteiger partial charge in [-0.15, -0.1) is 0 Å². The molecule has 0 aromatic heterocycles. The Morgan fingerprint density at radius 2 is 1.70 bits per heavy atom. The molecular weight excluding hydrogens is 318 g/mol. The van der Waals surface area contributed by atoms with Gasteiger partial charge in [-0.25, -0.2) is 0 Å². The predicted molar refractivity (Wildman–Crippen MR) is 85.8 cm³/mol. The van der Waals surface area contributed by atoms with E-state index in [1.54, 1.807) is 0 Å². The quantitative estimate of drug-likeness (QED) is 0.817. The fraction of sp³-hybridized carbons (Fsp3) is 0.562. The Morgan fingerprint density at radius 3 is 2.20 bits per heavy atom. The van der Waals surface area contributed by atoms with Crippen LogP contribution >= 0.6 is 15.9 Å². The number of rotatable bonds is 7. The Morgan fingerprint density at radius 1 is 1.15 bits per heavy atom. The van der Waals surface area contributed by atoms with Crippen LogP contribution in [0.5, 0.6) is 5.75 Å². The molecule has 1 rings (SSSR count). The Labute approximate surface area is 130 Å². The molecular formula is C16H24BrNO2. The molecule has 4 heteroatoms. The third kappa shape index (κ3) is 5.95. The second kappa shape index (κ2) is 8.30. The van der Waals surface area contributed by atoms with Crippen molar-refractivity contribution in [3.63, 3.8) is 0 Å². The molecule has 0 bridgehead atoms.